The molecule has 20 heavy (non-hydrogen) atoms. The van der Waals surface area contributed by atoms with Crippen LogP contribution in [-0.2, 0) is 0 Å². The molecule has 2 aromatic carbocycles. The largest absolute Gasteiger partial charge is 0.497 e. The van der Waals surface area contributed by atoms with E-state index in [1.807, 2.05) is 24.3 Å². The molecule has 0 radical (unpaired) electrons. The predicted molar refractivity (Wildman–Crippen MR) is 90.2 cm³/mol. The fraction of sp³-hybridized carbons (Fsp3) is 0.125. The highest BCUT2D eigenvalue weighted by atomic mass is 79.9. The standard InChI is InChI=1S/C16H12BrClOS/c1-19-10-6-7-12(14(17)8-10)16(18)13-9-20-15-5-3-2-4-11(13)15/h2-9,16H,1H3. The molecule has 1 unspecified atom stereocenters. The third-order valence-corrected chi connectivity index (χ3v) is 5.40. The maximum absolute atomic E-state index is 6.69. The van der Waals surface area contributed by atoms with E-state index in [0.29, 0.717) is 0 Å². The summed E-state index contributed by atoms with van der Waals surface area (Å²) >= 11 is 12.0. The lowest BCUT2D eigenvalue weighted by atomic mass is 10.0. The summed E-state index contributed by atoms with van der Waals surface area (Å²) in [5.74, 6) is 0.819. The molecule has 4 heteroatoms. The molecule has 1 aromatic heterocycles. The molecule has 0 saturated carbocycles. The van der Waals surface area contributed by atoms with E-state index in [-0.39, 0.29) is 5.38 Å². The summed E-state index contributed by atoms with van der Waals surface area (Å²) in [7, 11) is 1.66. The summed E-state index contributed by atoms with van der Waals surface area (Å²) < 4.78 is 7.45. The van der Waals surface area contributed by atoms with E-state index in [0.717, 1.165) is 21.3 Å². The summed E-state index contributed by atoms with van der Waals surface area (Å²) in [5.41, 5.74) is 2.20. The number of hydrogen-bond donors (Lipinski definition) is 0. The van der Waals surface area contributed by atoms with Gasteiger partial charge in [-0.1, -0.05) is 40.2 Å². The SMILES string of the molecule is COc1ccc(C(Cl)c2csc3ccccc23)c(Br)c1. The van der Waals surface area contributed by atoms with Crippen LogP contribution >= 0.6 is 38.9 Å². The lowest BCUT2D eigenvalue weighted by molar-refractivity contribution is 0.414. The van der Waals surface area contributed by atoms with Crippen LogP contribution in [0.4, 0.5) is 0 Å². The molecule has 0 aliphatic rings. The van der Waals surface area contributed by atoms with Crippen molar-refractivity contribution in [3.63, 3.8) is 0 Å². The summed E-state index contributed by atoms with van der Waals surface area (Å²) in [6, 6.07) is 14.2. The van der Waals surface area contributed by atoms with E-state index in [1.165, 1.54) is 10.1 Å². The van der Waals surface area contributed by atoms with Gasteiger partial charge in [0.05, 0.1) is 12.5 Å². The number of fused-ring (bicyclic) bond motifs is 1. The Morgan fingerprint density at radius 1 is 1.15 bits per heavy atom. The maximum atomic E-state index is 6.69. The number of methoxy groups -OCH3 is 1. The van der Waals surface area contributed by atoms with Crippen LogP contribution in [0.15, 0.2) is 52.3 Å². The highest BCUT2D eigenvalue weighted by molar-refractivity contribution is 9.10. The van der Waals surface area contributed by atoms with Gasteiger partial charge in [-0.3, -0.25) is 0 Å². The average Bonchev–Trinajstić information content (AvgIpc) is 2.90. The molecule has 0 bridgehead atoms. The molecule has 1 nitrogen and oxygen atoms in total. The molecule has 102 valence electrons. The number of thiophene rings is 1. The van der Waals surface area contributed by atoms with Gasteiger partial charge in [0, 0.05) is 9.17 Å². The number of benzene rings is 2. The normalized spacial score (nSPS) is 12.6. The van der Waals surface area contributed by atoms with Gasteiger partial charge in [0.15, 0.2) is 0 Å². The van der Waals surface area contributed by atoms with Crippen LogP contribution < -0.4 is 4.74 Å². The Morgan fingerprint density at radius 3 is 2.70 bits per heavy atom. The Kier molecular flexibility index (Phi) is 4.01. The quantitative estimate of drug-likeness (QED) is 0.516. The van der Waals surface area contributed by atoms with E-state index in [4.69, 9.17) is 16.3 Å². The minimum atomic E-state index is -0.175. The second-order valence-electron chi connectivity index (χ2n) is 4.44. The second-order valence-corrected chi connectivity index (χ2v) is 6.64. The Bertz CT molecular complexity index is 753. The van der Waals surface area contributed by atoms with Crippen LogP contribution in [0.5, 0.6) is 5.75 Å². The molecule has 0 aliphatic carbocycles. The van der Waals surface area contributed by atoms with Crippen LogP contribution in [0.2, 0.25) is 0 Å². The Hall–Kier alpha value is -1.03. The van der Waals surface area contributed by atoms with Crippen molar-refractivity contribution in [1.82, 2.24) is 0 Å². The smallest absolute Gasteiger partial charge is 0.120 e. The molecule has 1 atom stereocenters. The lowest BCUT2D eigenvalue weighted by Crippen LogP contribution is -1.94. The molecule has 0 fully saturated rings. The van der Waals surface area contributed by atoms with Crippen LogP contribution in [0.3, 0.4) is 0 Å². The molecule has 3 rings (SSSR count). The van der Waals surface area contributed by atoms with E-state index in [1.54, 1.807) is 18.4 Å². The van der Waals surface area contributed by atoms with Gasteiger partial charge in [0.25, 0.3) is 0 Å². The first-order chi connectivity index (χ1) is 9.70. The Morgan fingerprint density at radius 2 is 1.95 bits per heavy atom. The molecule has 1 heterocycles. The topological polar surface area (TPSA) is 9.23 Å². The molecular formula is C16H12BrClOS. The number of hydrogen-bond acceptors (Lipinski definition) is 2. The van der Waals surface area contributed by atoms with Crippen LogP contribution in [0, 0.1) is 0 Å². The van der Waals surface area contributed by atoms with Gasteiger partial charge in [0.2, 0.25) is 0 Å². The minimum Gasteiger partial charge on any atom is -0.497 e. The van der Waals surface area contributed by atoms with Crippen molar-refractivity contribution in [3.05, 3.63) is 63.4 Å². The molecule has 0 amide bonds. The van der Waals surface area contributed by atoms with Crippen molar-refractivity contribution in [3.8, 4) is 5.75 Å². The van der Waals surface area contributed by atoms with E-state index in [2.05, 4.69) is 39.5 Å². The van der Waals surface area contributed by atoms with Crippen molar-refractivity contribution in [2.24, 2.45) is 0 Å². The predicted octanol–water partition coefficient (Wildman–Crippen LogP) is 6.00. The number of ether oxygens (including phenoxy) is 1. The van der Waals surface area contributed by atoms with E-state index < -0.39 is 0 Å². The van der Waals surface area contributed by atoms with Crippen LogP contribution in [0.25, 0.3) is 10.1 Å². The zero-order valence-electron chi connectivity index (χ0n) is 10.8. The summed E-state index contributed by atoms with van der Waals surface area (Å²) in [6.07, 6.45) is 0. The fourth-order valence-corrected chi connectivity index (χ4v) is 4.35. The van der Waals surface area contributed by atoms with Gasteiger partial charge < -0.3 is 4.74 Å². The first-order valence-corrected chi connectivity index (χ1v) is 8.25. The monoisotopic (exact) mass is 366 g/mol. The fourth-order valence-electron chi connectivity index (χ4n) is 2.20. The van der Waals surface area contributed by atoms with Gasteiger partial charge >= 0.3 is 0 Å². The van der Waals surface area contributed by atoms with Gasteiger partial charge in [0.1, 0.15) is 5.75 Å². The highest BCUT2D eigenvalue weighted by Crippen LogP contribution is 2.40. The number of rotatable bonds is 3. The maximum Gasteiger partial charge on any atom is 0.120 e. The first kappa shape index (κ1) is 13.9. The van der Waals surface area contributed by atoms with Crippen LogP contribution in [-0.4, -0.2) is 7.11 Å². The van der Waals surface area contributed by atoms with Crippen molar-refractivity contribution in [2.75, 3.05) is 7.11 Å². The van der Waals surface area contributed by atoms with Crippen molar-refractivity contribution >= 4 is 49.0 Å². The van der Waals surface area contributed by atoms with Gasteiger partial charge in [-0.25, -0.2) is 0 Å². The van der Waals surface area contributed by atoms with Crippen molar-refractivity contribution in [1.29, 1.82) is 0 Å². The van der Waals surface area contributed by atoms with Gasteiger partial charge in [-0.2, -0.15) is 0 Å². The lowest BCUT2D eigenvalue weighted by Gasteiger charge is -2.12. The average molecular weight is 368 g/mol. The molecule has 0 saturated heterocycles. The molecule has 0 N–H and O–H groups in total. The number of halogens is 2. The first-order valence-electron chi connectivity index (χ1n) is 6.14. The van der Waals surface area contributed by atoms with E-state index >= 15 is 0 Å². The summed E-state index contributed by atoms with van der Waals surface area (Å²) in [6.45, 7) is 0. The van der Waals surface area contributed by atoms with Gasteiger partial charge in [-0.05, 0) is 40.1 Å². The molecule has 3 aromatic rings. The molecule has 0 aliphatic heterocycles. The highest BCUT2D eigenvalue weighted by Gasteiger charge is 2.18. The zero-order valence-corrected chi connectivity index (χ0v) is 13.9. The third-order valence-electron chi connectivity index (χ3n) is 3.26. The van der Waals surface area contributed by atoms with Gasteiger partial charge in [-0.15, -0.1) is 22.9 Å². The summed E-state index contributed by atoms with van der Waals surface area (Å²) in [4.78, 5) is 0. The number of alkyl halides is 1. The second kappa shape index (κ2) is 5.76. The van der Waals surface area contributed by atoms with Crippen molar-refractivity contribution in [2.45, 2.75) is 5.38 Å². The van der Waals surface area contributed by atoms with E-state index in [9.17, 15) is 0 Å². The zero-order chi connectivity index (χ0) is 14.1. The molecular weight excluding hydrogens is 356 g/mol. The molecule has 0 spiro atoms. The minimum absolute atomic E-state index is 0.175. The summed E-state index contributed by atoms with van der Waals surface area (Å²) in [5, 5.41) is 3.19. The third kappa shape index (κ3) is 2.46. The van der Waals surface area contributed by atoms with Crippen LogP contribution in [0.1, 0.15) is 16.5 Å². The Balaban J connectivity index is 2.06. The Labute approximate surface area is 135 Å². The van der Waals surface area contributed by atoms with Crippen molar-refractivity contribution < 1.29 is 4.74 Å².